The van der Waals surface area contributed by atoms with E-state index in [1.165, 1.54) is 0 Å². The lowest BCUT2D eigenvalue weighted by molar-refractivity contribution is -0.107. The van der Waals surface area contributed by atoms with Crippen molar-refractivity contribution in [2.75, 3.05) is 0 Å². The van der Waals surface area contributed by atoms with Crippen LogP contribution in [0.1, 0.15) is 31.9 Å². The van der Waals surface area contributed by atoms with Crippen LogP contribution in [0, 0.1) is 0 Å². The number of rotatable bonds is 4. The summed E-state index contributed by atoms with van der Waals surface area (Å²) < 4.78 is 1.90. The van der Waals surface area contributed by atoms with Crippen LogP contribution in [0.15, 0.2) is 12.4 Å². The van der Waals surface area contributed by atoms with Gasteiger partial charge in [-0.2, -0.15) is 5.10 Å². The fraction of sp³-hybridized carbons (Fsp3) is 0.556. The molecule has 0 aliphatic carbocycles. The van der Waals surface area contributed by atoms with Crippen LogP contribution in [0.3, 0.4) is 0 Å². The highest BCUT2D eigenvalue weighted by atomic mass is 16.1. The van der Waals surface area contributed by atoms with Gasteiger partial charge in [0.15, 0.2) is 0 Å². The molecular formula is C9H14N2O. The van der Waals surface area contributed by atoms with Gasteiger partial charge in [0.1, 0.15) is 6.29 Å². The van der Waals surface area contributed by atoms with Crippen molar-refractivity contribution in [2.24, 2.45) is 0 Å². The molecule has 1 heterocycles. The van der Waals surface area contributed by atoms with E-state index in [-0.39, 0.29) is 0 Å². The highest BCUT2D eigenvalue weighted by Crippen LogP contribution is 2.06. The second kappa shape index (κ2) is 4.04. The average molecular weight is 166 g/mol. The molecule has 0 radical (unpaired) electrons. The van der Waals surface area contributed by atoms with Crippen molar-refractivity contribution in [2.45, 2.75) is 32.7 Å². The summed E-state index contributed by atoms with van der Waals surface area (Å²) in [7, 11) is 0. The van der Waals surface area contributed by atoms with Crippen LogP contribution in [0.5, 0.6) is 0 Å². The van der Waals surface area contributed by atoms with Crippen molar-refractivity contribution in [3.8, 4) is 0 Å². The lowest BCUT2D eigenvalue weighted by Crippen LogP contribution is -1.99. The molecule has 1 rings (SSSR count). The van der Waals surface area contributed by atoms with Crippen molar-refractivity contribution < 1.29 is 4.79 Å². The molecule has 1 aromatic heterocycles. The molecule has 0 N–H and O–H groups in total. The Morgan fingerprint density at radius 2 is 2.42 bits per heavy atom. The van der Waals surface area contributed by atoms with Gasteiger partial charge in [0.25, 0.3) is 0 Å². The number of aldehydes is 1. The summed E-state index contributed by atoms with van der Waals surface area (Å²) in [6, 6.07) is 0.398. The van der Waals surface area contributed by atoms with Gasteiger partial charge in [-0.05, 0) is 25.8 Å². The van der Waals surface area contributed by atoms with Crippen molar-refractivity contribution in [3.63, 3.8) is 0 Å². The highest BCUT2D eigenvalue weighted by molar-refractivity contribution is 5.49. The summed E-state index contributed by atoms with van der Waals surface area (Å²) in [6.45, 7) is 4.16. The van der Waals surface area contributed by atoms with E-state index in [0.29, 0.717) is 12.5 Å². The number of hydrogen-bond acceptors (Lipinski definition) is 2. The molecule has 0 bridgehead atoms. The molecule has 66 valence electrons. The monoisotopic (exact) mass is 166 g/mol. The largest absolute Gasteiger partial charge is 0.303 e. The van der Waals surface area contributed by atoms with Crippen LogP contribution in [-0.2, 0) is 11.2 Å². The van der Waals surface area contributed by atoms with E-state index in [9.17, 15) is 4.79 Å². The molecule has 0 aliphatic rings. The van der Waals surface area contributed by atoms with E-state index in [4.69, 9.17) is 0 Å². The Balaban J connectivity index is 2.58. The Morgan fingerprint density at radius 1 is 1.67 bits per heavy atom. The molecule has 0 aromatic carbocycles. The minimum absolute atomic E-state index is 0.398. The van der Waals surface area contributed by atoms with Gasteiger partial charge in [0, 0.05) is 18.7 Å². The SMILES string of the molecule is CC(C)n1cc(CCC=O)cn1. The second-order valence-corrected chi connectivity index (χ2v) is 3.13. The molecule has 0 aliphatic heterocycles. The predicted octanol–water partition coefficient (Wildman–Crippen LogP) is 1.60. The number of carbonyl (C=O) groups is 1. The third-order valence-corrected chi connectivity index (χ3v) is 1.73. The minimum Gasteiger partial charge on any atom is -0.303 e. The van der Waals surface area contributed by atoms with Crippen LogP contribution < -0.4 is 0 Å². The molecular weight excluding hydrogens is 152 g/mol. The number of nitrogens with zero attached hydrogens (tertiary/aromatic N) is 2. The smallest absolute Gasteiger partial charge is 0.120 e. The molecule has 0 spiro atoms. The Labute approximate surface area is 72.4 Å². The lowest BCUT2D eigenvalue weighted by atomic mass is 10.2. The molecule has 0 amide bonds. The van der Waals surface area contributed by atoms with Crippen LogP contribution in [0.4, 0.5) is 0 Å². The Morgan fingerprint density at radius 3 is 2.92 bits per heavy atom. The molecule has 1 aromatic rings. The van der Waals surface area contributed by atoms with E-state index in [2.05, 4.69) is 18.9 Å². The molecule has 0 fully saturated rings. The summed E-state index contributed by atoms with van der Waals surface area (Å²) in [5, 5.41) is 4.17. The first-order valence-electron chi connectivity index (χ1n) is 4.20. The Kier molecular flexibility index (Phi) is 3.02. The quantitative estimate of drug-likeness (QED) is 0.637. The number of aromatic nitrogens is 2. The van der Waals surface area contributed by atoms with E-state index in [1.54, 1.807) is 0 Å². The molecule has 0 unspecified atom stereocenters. The third-order valence-electron chi connectivity index (χ3n) is 1.73. The number of carbonyl (C=O) groups excluding carboxylic acids is 1. The van der Waals surface area contributed by atoms with Gasteiger partial charge in [0.05, 0.1) is 6.20 Å². The number of aryl methyl sites for hydroxylation is 1. The fourth-order valence-corrected chi connectivity index (χ4v) is 1.01. The second-order valence-electron chi connectivity index (χ2n) is 3.13. The summed E-state index contributed by atoms with van der Waals surface area (Å²) in [6.07, 6.45) is 6.14. The van der Waals surface area contributed by atoms with Gasteiger partial charge in [0.2, 0.25) is 0 Å². The predicted molar refractivity (Wildman–Crippen MR) is 47.0 cm³/mol. The molecule has 12 heavy (non-hydrogen) atoms. The van der Waals surface area contributed by atoms with Gasteiger partial charge in [-0.15, -0.1) is 0 Å². The maximum Gasteiger partial charge on any atom is 0.120 e. The summed E-state index contributed by atoms with van der Waals surface area (Å²) in [5.74, 6) is 0. The van der Waals surface area contributed by atoms with Crippen LogP contribution in [0.25, 0.3) is 0 Å². The van der Waals surface area contributed by atoms with Gasteiger partial charge < -0.3 is 4.79 Å². The molecule has 0 atom stereocenters. The summed E-state index contributed by atoms with van der Waals surface area (Å²) >= 11 is 0. The van der Waals surface area contributed by atoms with E-state index in [1.807, 2.05) is 17.1 Å². The van der Waals surface area contributed by atoms with Gasteiger partial charge in [-0.25, -0.2) is 0 Å². The maximum atomic E-state index is 10.1. The lowest BCUT2D eigenvalue weighted by Gasteiger charge is -2.02. The maximum absolute atomic E-state index is 10.1. The third kappa shape index (κ3) is 2.19. The summed E-state index contributed by atoms with van der Waals surface area (Å²) in [5.41, 5.74) is 1.14. The van der Waals surface area contributed by atoms with Crippen LogP contribution >= 0.6 is 0 Å². The van der Waals surface area contributed by atoms with Crippen molar-refractivity contribution >= 4 is 6.29 Å². The number of hydrogen-bond donors (Lipinski definition) is 0. The topological polar surface area (TPSA) is 34.9 Å². The Hall–Kier alpha value is -1.12. The fourth-order valence-electron chi connectivity index (χ4n) is 1.01. The van der Waals surface area contributed by atoms with Gasteiger partial charge in [-0.1, -0.05) is 0 Å². The molecule has 0 saturated heterocycles. The highest BCUT2D eigenvalue weighted by Gasteiger charge is 2.00. The Bertz CT molecular complexity index is 253. The molecule has 3 heteroatoms. The molecule has 0 saturated carbocycles. The molecule has 3 nitrogen and oxygen atoms in total. The minimum atomic E-state index is 0.398. The van der Waals surface area contributed by atoms with Crippen molar-refractivity contribution in [3.05, 3.63) is 18.0 Å². The van der Waals surface area contributed by atoms with Crippen molar-refractivity contribution in [1.82, 2.24) is 9.78 Å². The van der Waals surface area contributed by atoms with E-state index >= 15 is 0 Å². The van der Waals surface area contributed by atoms with E-state index < -0.39 is 0 Å². The van der Waals surface area contributed by atoms with Gasteiger partial charge in [-0.3, -0.25) is 4.68 Å². The first-order chi connectivity index (χ1) is 5.74. The van der Waals surface area contributed by atoms with Crippen LogP contribution in [-0.4, -0.2) is 16.1 Å². The van der Waals surface area contributed by atoms with Crippen LogP contribution in [0.2, 0.25) is 0 Å². The zero-order valence-electron chi connectivity index (χ0n) is 7.53. The first kappa shape index (κ1) is 8.97. The van der Waals surface area contributed by atoms with Crippen molar-refractivity contribution in [1.29, 1.82) is 0 Å². The zero-order valence-corrected chi connectivity index (χ0v) is 7.53. The van der Waals surface area contributed by atoms with Gasteiger partial charge >= 0.3 is 0 Å². The van der Waals surface area contributed by atoms with E-state index in [0.717, 1.165) is 18.3 Å². The standard InChI is InChI=1S/C9H14N2O/c1-8(2)11-7-9(6-10-11)4-3-5-12/h5-8H,3-4H2,1-2H3. The average Bonchev–Trinajstić information content (AvgIpc) is 2.48. The first-order valence-corrected chi connectivity index (χ1v) is 4.20. The zero-order chi connectivity index (χ0) is 8.97. The summed E-state index contributed by atoms with van der Waals surface area (Å²) in [4.78, 5) is 10.1. The normalized spacial score (nSPS) is 10.6.